The lowest BCUT2D eigenvalue weighted by atomic mass is 10.1. The molecule has 5 heteroatoms. The molecule has 1 heterocycles. The summed E-state index contributed by atoms with van der Waals surface area (Å²) in [6.07, 6.45) is 0. The van der Waals surface area contributed by atoms with Gasteiger partial charge in [-0.2, -0.15) is 10.4 Å². The number of H-pyrrole nitrogens is 1. The van der Waals surface area contributed by atoms with Gasteiger partial charge >= 0.3 is 0 Å². The molecule has 0 unspecified atom stereocenters. The number of hydrogen-bond donors (Lipinski definition) is 2. The van der Waals surface area contributed by atoms with Gasteiger partial charge in [-0.15, -0.1) is 0 Å². The van der Waals surface area contributed by atoms with Crippen molar-refractivity contribution in [1.29, 1.82) is 5.26 Å². The highest BCUT2D eigenvalue weighted by atomic mass is 16.5. The number of anilines is 1. The first-order valence-electron chi connectivity index (χ1n) is 7.35. The van der Waals surface area contributed by atoms with E-state index >= 15 is 0 Å². The highest BCUT2D eigenvalue weighted by Gasteiger charge is 2.12. The Morgan fingerprint density at radius 1 is 1.00 bits per heavy atom. The van der Waals surface area contributed by atoms with Gasteiger partial charge in [-0.05, 0) is 36.4 Å². The van der Waals surface area contributed by atoms with Gasteiger partial charge in [0.2, 0.25) is 0 Å². The zero-order valence-electron chi connectivity index (χ0n) is 13.1. The molecular weight excluding hydrogens is 288 g/mol. The maximum absolute atomic E-state index is 9.08. The van der Waals surface area contributed by atoms with E-state index in [1.807, 2.05) is 74.5 Å². The number of nitrogens with zero attached hydrogens (tertiary/aromatic N) is 2. The van der Waals surface area contributed by atoms with Crippen LogP contribution >= 0.6 is 0 Å². The number of benzene rings is 2. The molecule has 3 aromatic rings. The first-order valence-corrected chi connectivity index (χ1v) is 7.35. The lowest BCUT2D eigenvalue weighted by Gasteiger charge is -2.06. The van der Waals surface area contributed by atoms with Crippen LogP contribution in [0.15, 0.2) is 54.6 Å². The maximum Gasteiger partial charge on any atom is 0.163 e. The Labute approximate surface area is 135 Å². The Morgan fingerprint density at radius 3 is 2.22 bits per heavy atom. The Morgan fingerprint density at radius 2 is 1.61 bits per heavy atom. The van der Waals surface area contributed by atoms with Crippen LogP contribution in [0, 0.1) is 11.3 Å². The van der Waals surface area contributed by atoms with Crippen molar-refractivity contribution in [3.63, 3.8) is 0 Å². The third kappa shape index (κ3) is 3.69. The summed E-state index contributed by atoms with van der Waals surface area (Å²) in [6, 6.07) is 19.0. The third-order valence-corrected chi connectivity index (χ3v) is 3.03. The van der Waals surface area contributed by atoms with Crippen LogP contribution < -0.4 is 10.5 Å². The molecule has 0 amide bonds. The minimum Gasteiger partial charge on any atom is -0.457 e. The number of aromatic nitrogens is 2. The molecule has 0 radical (unpaired) electrons. The van der Waals surface area contributed by atoms with E-state index in [4.69, 9.17) is 15.7 Å². The van der Waals surface area contributed by atoms with Crippen LogP contribution in [-0.4, -0.2) is 10.2 Å². The standard InChI is InChI=1S/C16H12N4O.C2H6/c17-10-14-15(19-20-16(14)18)11-6-8-13(9-7-11)21-12-4-2-1-3-5-12;1-2/h1-9H,(H3,18,19,20);1-2H3. The van der Waals surface area contributed by atoms with Gasteiger partial charge in [-0.3, -0.25) is 5.10 Å². The summed E-state index contributed by atoms with van der Waals surface area (Å²) in [7, 11) is 0. The zero-order valence-corrected chi connectivity index (χ0v) is 13.1. The van der Waals surface area contributed by atoms with E-state index in [2.05, 4.69) is 10.2 Å². The van der Waals surface area contributed by atoms with Gasteiger partial charge in [-0.1, -0.05) is 32.0 Å². The Balaban J connectivity index is 0.000000924. The second-order valence-electron chi connectivity index (χ2n) is 4.41. The molecular formula is C18H18N4O. The topological polar surface area (TPSA) is 87.7 Å². The van der Waals surface area contributed by atoms with Crippen LogP contribution in [0.2, 0.25) is 0 Å². The van der Waals surface area contributed by atoms with Crippen molar-refractivity contribution in [2.45, 2.75) is 13.8 Å². The fourth-order valence-electron chi connectivity index (χ4n) is 1.99. The molecule has 1 aromatic heterocycles. The number of nitriles is 1. The molecule has 0 aliphatic carbocycles. The van der Waals surface area contributed by atoms with E-state index in [0.29, 0.717) is 11.3 Å². The Bertz CT molecular complexity index is 786. The minimum atomic E-state index is 0.206. The molecule has 3 N–H and O–H groups in total. The van der Waals surface area contributed by atoms with Gasteiger partial charge in [0.05, 0.1) is 5.69 Å². The summed E-state index contributed by atoms with van der Waals surface area (Å²) in [5.41, 5.74) is 7.43. The van der Waals surface area contributed by atoms with Crippen LogP contribution in [-0.2, 0) is 0 Å². The first-order chi connectivity index (χ1) is 11.3. The zero-order chi connectivity index (χ0) is 16.7. The number of para-hydroxylation sites is 1. The molecule has 0 atom stereocenters. The van der Waals surface area contributed by atoms with Crippen LogP contribution in [0.4, 0.5) is 5.82 Å². The predicted molar refractivity (Wildman–Crippen MR) is 91.0 cm³/mol. The van der Waals surface area contributed by atoms with Crippen molar-refractivity contribution in [3.8, 4) is 28.8 Å². The number of nitrogen functional groups attached to an aromatic ring is 1. The molecule has 2 aromatic carbocycles. The maximum atomic E-state index is 9.08. The number of hydrogen-bond acceptors (Lipinski definition) is 4. The average molecular weight is 306 g/mol. The van der Waals surface area contributed by atoms with E-state index < -0.39 is 0 Å². The summed E-state index contributed by atoms with van der Waals surface area (Å²) in [6.45, 7) is 4.00. The lowest BCUT2D eigenvalue weighted by Crippen LogP contribution is -1.88. The summed E-state index contributed by atoms with van der Waals surface area (Å²) in [5.74, 6) is 1.70. The lowest BCUT2D eigenvalue weighted by molar-refractivity contribution is 0.483. The summed E-state index contributed by atoms with van der Waals surface area (Å²) in [4.78, 5) is 0. The molecule has 0 aliphatic rings. The van der Waals surface area contributed by atoms with Gasteiger partial charge < -0.3 is 10.5 Å². The smallest absolute Gasteiger partial charge is 0.163 e. The monoisotopic (exact) mass is 306 g/mol. The third-order valence-electron chi connectivity index (χ3n) is 3.03. The van der Waals surface area contributed by atoms with Gasteiger partial charge in [0.1, 0.15) is 23.1 Å². The molecule has 0 fully saturated rings. The van der Waals surface area contributed by atoms with Gasteiger partial charge in [0, 0.05) is 5.56 Å². The normalized spacial score (nSPS) is 9.43. The van der Waals surface area contributed by atoms with Crippen LogP contribution in [0.5, 0.6) is 11.5 Å². The number of ether oxygens (including phenoxy) is 1. The van der Waals surface area contributed by atoms with Crippen LogP contribution in [0.1, 0.15) is 19.4 Å². The molecule has 23 heavy (non-hydrogen) atoms. The highest BCUT2D eigenvalue weighted by molar-refractivity contribution is 5.72. The number of rotatable bonds is 3. The number of nitrogens with two attached hydrogens (primary N) is 1. The summed E-state index contributed by atoms with van der Waals surface area (Å²) < 4.78 is 5.72. The quantitative estimate of drug-likeness (QED) is 0.753. The minimum absolute atomic E-state index is 0.206. The molecule has 116 valence electrons. The molecule has 0 aliphatic heterocycles. The van der Waals surface area contributed by atoms with Crippen LogP contribution in [0.25, 0.3) is 11.3 Å². The average Bonchev–Trinajstić information content (AvgIpc) is 2.99. The molecule has 3 rings (SSSR count). The van der Waals surface area contributed by atoms with Crippen molar-refractivity contribution in [1.82, 2.24) is 10.2 Å². The van der Waals surface area contributed by atoms with Gasteiger partial charge in [0.15, 0.2) is 5.82 Å². The van der Waals surface area contributed by atoms with E-state index in [0.717, 1.165) is 17.1 Å². The van der Waals surface area contributed by atoms with Gasteiger partial charge in [-0.25, -0.2) is 0 Å². The van der Waals surface area contributed by atoms with Crippen LogP contribution in [0.3, 0.4) is 0 Å². The first kappa shape index (κ1) is 16.1. The Hall–Kier alpha value is -3.26. The van der Waals surface area contributed by atoms with Crippen molar-refractivity contribution in [2.75, 3.05) is 5.73 Å². The van der Waals surface area contributed by atoms with Crippen molar-refractivity contribution in [3.05, 3.63) is 60.2 Å². The fraction of sp³-hybridized carbons (Fsp3) is 0.111. The van der Waals surface area contributed by atoms with Gasteiger partial charge in [0.25, 0.3) is 0 Å². The van der Waals surface area contributed by atoms with E-state index in [9.17, 15) is 0 Å². The molecule has 0 saturated carbocycles. The van der Waals surface area contributed by atoms with Crippen molar-refractivity contribution < 1.29 is 4.74 Å². The van der Waals surface area contributed by atoms with E-state index in [-0.39, 0.29) is 5.82 Å². The second-order valence-corrected chi connectivity index (χ2v) is 4.41. The highest BCUT2D eigenvalue weighted by Crippen LogP contribution is 2.28. The van der Waals surface area contributed by atoms with E-state index in [1.54, 1.807) is 0 Å². The fourth-order valence-corrected chi connectivity index (χ4v) is 1.99. The SMILES string of the molecule is CC.N#Cc1c(N)n[nH]c1-c1ccc(Oc2ccccc2)cc1. The number of aromatic amines is 1. The molecule has 0 saturated heterocycles. The second kappa shape index (κ2) is 7.66. The Kier molecular flexibility index (Phi) is 5.37. The number of nitrogens with one attached hydrogen (secondary N) is 1. The van der Waals surface area contributed by atoms with E-state index in [1.165, 1.54) is 0 Å². The largest absolute Gasteiger partial charge is 0.457 e. The predicted octanol–water partition coefficient (Wildman–Crippen LogP) is 4.35. The molecule has 5 nitrogen and oxygen atoms in total. The molecule has 0 spiro atoms. The van der Waals surface area contributed by atoms with Crippen molar-refractivity contribution >= 4 is 5.82 Å². The molecule has 0 bridgehead atoms. The summed E-state index contributed by atoms with van der Waals surface area (Å²) in [5, 5.41) is 15.7. The van der Waals surface area contributed by atoms with Crippen molar-refractivity contribution in [2.24, 2.45) is 0 Å². The summed E-state index contributed by atoms with van der Waals surface area (Å²) >= 11 is 0.